The molecule has 1 amide bonds. The van der Waals surface area contributed by atoms with Crippen LogP contribution in [0, 0.1) is 0 Å². The van der Waals surface area contributed by atoms with Crippen molar-refractivity contribution < 1.29 is 4.79 Å². The second kappa shape index (κ2) is 5.35. The number of nitrogens with two attached hydrogens (primary N) is 1. The van der Waals surface area contributed by atoms with Crippen LogP contribution in [0.3, 0.4) is 0 Å². The van der Waals surface area contributed by atoms with Gasteiger partial charge in [0, 0.05) is 19.6 Å². The monoisotopic (exact) mass is 239 g/mol. The highest BCUT2D eigenvalue weighted by atomic mass is 16.2. The number of guanidine groups is 1. The molecule has 0 bridgehead atoms. The molecule has 0 spiro atoms. The van der Waals surface area contributed by atoms with E-state index in [2.05, 4.69) is 15.7 Å². The number of rotatable bonds is 2. The zero-order valence-corrected chi connectivity index (χ0v) is 10.3. The van der Waals surface area contributed by atoms with Crippen molar-refractivity contribution in [2.75, 3.05) is 13.6 Å². The van der Waals surface area contributed by atoms with Crippen molar-refractivity contribution in [2.45, 2.75) is 44.2 Å². The summed E-state index contributed by atoms with van der Waals surface area (Å²) in [7, 11) is 1.80. The van der Waals surface area contributed by atoms with Crippen LogP contribution in [0.5, 0.6) is 0 Å². The van der Waals surface area contributed by atoms with Gasteiger partial charge in [-0.2, -0.15) is 0 Å². The molecule has 1 aliphatic heterocycles. The highest BCUT2D eigenvalue weighted by Crippen LogP contribution is 2.18. The van der Waals surface area contributed by atoms with Crippen molar-refractivity contribution >= 4 is 11.9 Å². The molecule has 1 aliphatic carbocycles. The third-order valence-electron chi connectivity index (χ3n) is 3.52. The molecule has 1 heterocycles. The number of amides is 1. The first kappa shape index (κ1) is 12.2. The summed E-state index contributed by atoms with van der Waals surface area (Å²) in [6.45, 7) is 0.772. The molecule has 17 heavy (non-hydrogen) atoms. The molecule has 0 aromatic heterocycles. The molecule has 0 radical (unpaired) electrons. The normalized spacial score (nSPS) is 26.7. The van der Waals surface area contributed by atoms with Crippen LogP contribution < -0.4 is 16.6 Å². The summed E-state index contributed by atoms with van der Waals surface area (Å²) < 4.78 is 0. The van der Waals surface area contributed by atoms with Crippen molar-refractivity contribution in [1.82, 2.24) is 15.6 Å². The lowest BCUT2D eigenvalue weighted by molar-refractivity contribution is -0.127. The summed E-state index contributed by atoms with van der Waals surface area (Å²) in [6.07, 6.45) is 5.58. The Kier molecular flexibility index (Phi) is 3.83. The minimum Gasteiger partial charge on any atom is -0.353 e. The average Bonchev–Trinajstić information content (AvgIpc) is 2.93. The Morgan fingerprint density at radius 1 is 1.41 bits per heavy atom. The van der Waals surface area contributed by atoms with Crippen molar-refractivity contribution in [3.05, 3.63) is 0 Å². The van der Waals surface area contributed by atoms with Gasteiger partial charge in [-0.25, -0.2) is 10.8 Å². The molecule has 1 atom stereocenters. The molecular formula is C11H21N5O. The molecule has 1 unspecified atom stereocenters. The molecule has 6 heteroatoms. The van der Waals surface area contributed by atoms with E-state index >= 15 is 0 Å². The van der Waals surface area contributed by atoms with E-state index in [0.29, 0.717) is 12.0 Å². The molecule has 96 valence electrons. The van der Waals surface area contributed by atoms with Crippen LogP contribution in [-0.2, 0) is 4.79 Å². The summed E-state index contributed by atoms with van der Waals surface area (Å²) in [5, 5.41) is 3.27. The topological polar surface area (TPSA) is 82.8 Å². The average molecular weight is 239 g/mol. The highest BCUT2D eigenvalue weighted by molar-refractivity contribution is 5.88. The first-order valence-corrected chi connectivity index (χ1v) is 6.26. The van der Waals surface area contributed by atoms with Crippen LogP contribution in [0.25, 0.3) is 0 Å². The Balaban J connectivity index is 1.94. The predicted molar refractivity (Wildman–Crippen MR) is 66.2 cm³/mol. The summed E-state index contributed by atoms with van der Waals surface area (Å²) in [4.78, 5) is 17.8. The molecule has 4 N–H and O–H groups in total. The Labute approximate surface area is 102 Å². The lowest BCUT2D eigenvalue weighted by Crippen LogP contribution is -2.46. The van der Waals surface area contributed by atoms with E-state index in [1.54, 1.807) is 11.9 Å². The summed E-state index contributed by atoms with van der Waals surface area (Å²) in [5.74, 6) is 6.06. The second-order valence-corrected chi connectivity index (χ2v) is 4.81. The van der Waals surface area contributed by atoms with Crippen LogP contribution in [0.4, 0.5) is 0 Å². The van der Waals surface area contributed by atoms with Gasteiger partial charge in [0.05, 0.1) is 0 Å². The minimum absolute atomic E-state index is 0.0750. The van der Waals surface area contributed by atoms with Gasteiger partial charge in [0.25, 0.3) is 0 Å². The maximum atomic E-state index is 11.7. The van der Waals surface area contributed by atoms with E-state index in [1.807, 2.05) is 0 Å². The number of nitrogens with one attached hydrogen (secondary N) is 2. The number of hydrazine groups is 1. The molecule has 2 fully saturated rings. The van der Waals surface area contributed by atoms with E-state index in [1.165, 1.54) is 12.8 Å². The maximum absolute atomic E-state index is 11.7. The van der Waals surface area contributed by atoms with E-state index in [0.717, 1.165) is 25.8 Å². The quantitative estimate of drug-likeness (QED) is 0.264. The number of carbonyl (C=O) groups is 1. The number of likely N-dealkylation sites (tertiary alicyclic amines) is 1. The van der Waals surface area contributed by atoms with Crippen molar-refractivity contribution in [3.8, 4) is 0 Å². The fraction of sp³-hybridized carbons (Fsp3) is 0.818. The van der Waals surface area contributed by atoms with Crippen molar-refractivity contribution in [1.29, 1.82) is 0 Å². The van der Waals surface area contributed by atoms with Gasteiger partial charge in [-0.05, 0) is 19.3 Å². The fourth-order valence-corrected chi connectivity index (χ4v) is 2.46. The summed E-state index contributed by atoms with van der Waals surface area (Å²) in [6, 6.07) is 0.166. The van der Waals surface area contributed by atoms with Gasteiger partial charge in [-0.15, -0.1) is 0 Å². The second-order valence-electron chi connectivity index (χ2n) is 4.81. The van der Waals surface area contributed by atoms with Gasteiger partial charge in [0.2, 0.25) is 11.9 Å². The van der Waals surface area contributed by atoms with Crippen LogP contribution in [0.2, 0.25) is 0 Å². The van der Waals surface area contributed by atoms with Gasteiger partial charge in [-0.1, -0.05) is 12.8 Å². The fourth-order valence-electron chi connectivity index (χ4n) is 2.46. The molecule has 1 saturated carbocycles. The third kappa shape index (κ3) is 2.88. The molecule has 0 aromatic rings. The van der Waals surface area contributed by atoms with E-state index in [9.17, 15) is 4.79 Å². The smallest absolute Gasteiger partial charge is 0.247 e. The Hall–Kier alpha value is -1.30. The van der Waals surface area contributed by atoms with Crippen LogP contribution >= 0.6 is 0 Å². The standard InChI is InChI=1S/C11H21N5O/c1-16-7-6-9(10(16)17)14-11(15-12)13-8-4-2-3-5-8/h8-9H,2-7,12H2,1H3,(H2,13,14,15). The number of likely N-dealkylation sites (N-methyl/N-ethyl adjacent to an activating group) is 1. The number of hydrogen-bond acceptors (Lipinski definition) is 3. The number of aliphatic imine (C=N–C) groups is 1. The Morgan fingerprint density at radius 2 is 2.12 bits per heavy atom. The maximum Gasteiger partial charge on any atom is 0.247 e. The largest absolute Gasteiger partial charge is 0.353 e. The third-order valence-corrected chi connectivity index (χ3v) is 3.52. The van der Waals surface area contributed by atoms with Gasteiger partial charge in [0.1, 0.15) is 6.04 Å². The lowest BCUT2D eigenvalue weighted by Gasteiger charge is -2.16. The Morgan fingerprint density at radius 3 is 2.65 bits per heavy atom. The molecule has 1 saturated heterocycles. The first-order chi connectivity index (χ1) is 8.20. The number of nitrogens with zero attached hydrogens (tertiary/aromatic N) is 2. The zero-order valence-electron chi connectivity index (χ0n) is 10.3. The van der Waals surface area contributed by atoms with E-state index in [4.69, 9.17) is 5.84 Å². The molecular weight excluding hydrogens is 218 g/mol. The molecule has 6 nitrogen and oxygen atoms in total. The first-order valence-electron chi connectivity index (χ1n) is 6.26. The minimum atomic E-state index is -0.278. The summed E-state index contributed by atoms with van der Waals surface area (Å²) >= 11 is 0. The highest BCUT2D eigenvalue weighted by Gasteiger charge is 2.29. The van der Waals surface area contributed by atoms with E-state index in [-0.39, 0.29) is 11.9 Å². The van der Waals surface area contributed by atoms with Gasteiger partial charge < -0.3 is 10.2 Å². The lowest BCUT2D eigenvalue weighted by atomic mass is 10.2. The molecule has 2 rings (SSSR count). The van der Waals surface area contributed by atoms with Crippen LogP contribution in [-0.4, -0.2) is 42.4 Å². The zero-order chi connectivity index (χ0) is 12.3. The SMILES string of the molecule is CN1CCC(N=C(NN)NC2CCCC2)C1=O. The van der Waals surface area contributed by atoms with Crippen molar-refractivity contribution in [2.24, 2.45) is 10.8 Å². The Bertz CT molecular complexity index is 311. The van der Waals surface area contributed by atoms with Gasteiger partial charge in [-0.3, -0.25) is 10.2 Å². The van der Waals surface area contributed by atoms with Gasteiger partial charge in [0.15, 0.2) is 0 Å². The number of carbonyl (C=O) groups excluding carboxylic acids is 1. The number of hydrogen-bond donors (Lipinski definition) is 3. The van der Waals surface area contributed by atoms with Crippen LogP contribution in [0.1, 0.15) is 32.1 Å². The van der Waals surface area contributed by atoms with Crippen molar-refractivity contribution in [3.63, 3.8) is 0 Å². The summed E-state index contributed by atoms with van der Waals surface area (Å²) in [5.41, 5.74) is 2.56. The van der Waals surface area contributed by atoms with Gasteiger partial charge >= 0.3 is 0 Å². The predicted octanol–water partition coefficient (Wildman–Crippen LogP) is -0.431. The molecule has 0 aromatic carbocycles. The van der Waals surface area contributed by atoms with E-state index < -0.39 is 0 Å². The molecule has 2 aliphatic rings. The van der Waals surface area contributed by atoms with Crippen LogP contribution in [0.15, 0.2) is 4.99 Å².